The minimum absolute atomic E-state index is 0.00556. The lowest BCUT2D eigenvalue weighted by molar-refractivity contribution is -0.117. The molecule has 4 rings (SSSR count). The highest BCUT2D eigenvalue weighted by atomic mass is 32.2. The average Bonchev–Trinajstić information content (AvgIpc) is 3.43. The van der Waals surface area contributed by atoms with Gasteiger partial charge < -0.3 is 10.1 Å². The Morgan fingerprint density at radius 3 is 2.73 bits per heavy atom. The molecular weight excluding hydrogens is 404 g/mol. The van der Waals surface area contributed by atoms with Crippen molar-refractivity contribution in [2.24, 2.45) is 0 Å². The molecular formula is C21H26N4O4S. The third-order valence-corrected chi connectivity index (χ3v) is 6.49. The fraction of sp³-hybridized carbons (Fsp3) is 0.524. The van der Waals surface area contributed by atoms with Gasteiger partial charge in [0.15, 0.2) is 5.16 Å². The van der Waals surface area contributed by atoms with E-state index in [1.165, 1.54) is 0 Å². The smallest absolute Gasteiger partial charge is 0.321 e. The summed E-state index contributed by atoms with van der Waals surface area (Å²) in [5.74, 6) is -0.421. The third-order valence-electron chi connectivity index (χ3n) is 5.51. The SMILES string of the molecule is O=C(CSc1nc2ccccc2c(=O)n1C[C@H]1CCCO1)NC(=O)NC1CCCC1. The quantitative estimate of drug-likeness (QED) is 0.539. The number of urea groups is 1. The lowest BCUT2D eigenvalue weighted by Gasteiger charge is -2.16. The van der Waals surface area contributed by atoms with Crippen molar-refractivity contribution in [3.63, 3.8) is 0 Å². The topological polar surface area (TPSA) is 102 Å². The van der Waals surface area contributed by atoms with E-state index in [-0.39, 0.29) is 23.5 Å². The Bertz CT molecular complexity index is 981. The second kappa shape index (κ2) is 9.61. The molecule has 1 aliphatic carbocycles. The lowest BCUT2D eigenvalue weighted by atomic mass is 10.2. The van der Waals surface area contributed by atoms with Crippen LogP contribution < -0.4 is 16.2 Å². The van der Waals surface area contributed by atoms with Crippen molar-refractivity contribution < 1.29 is 14.3 Å². The van der Waals surface area contributed by atoms with Gasteiger partial charge in [-0.3, -0.25) is 19.5 Å². The highest BCUT2D eigenvalue weighted by molar-refractivity contribution is 7.99. The van der Waals surface area contributed by atoms with E-state index in [9.17, 15) is 14.4 Å². The predicted molar refractivity (Wildman–Crippen MR) is 115 cm³/mol. The van der Waals surface area contributed by atoms with Gasteiger partial charge in [-0.25, -0.2) is 9.78 Å². The van der Waals surface area contributed by atoms with Crippen molar-refractivity contribution in [3.05, 3.63) is 34.6 Å². The van der Waals surface area contributed by atoms with Gasteiger partial charge in [-0.15, -0.1) is 0 Å². The monoisotopic (exact) mass is 430 g/mol. The first kappa shape index (κ1) is 20.9. The molecule has 2 fully saturated rings. The number of amides is 3. The molecule has 0 bridgehead atoms. The lowest BCUT2D eigenvalue weighted by Crippen LogP contribution is -2.44. The van der Waals surface area contributed by atoms with E-state index in [0.29, 0.717) is 29.2 Å². The maximum Gasteiger partial charge on any atom is 0.321 e. The van der Waals surface area contributed by atoms with Crippen molar-refractivity contribution in [3.8, 4) is 0 Å². The first-order valence-electron chi connectivity index (χ1n) is 10.4. The van der Waals surface area contributed by atoms with E-state index in [0.717, 1.165) is 50.3 Å². The van der Waals surface area contributed by atoms with Gasteiger partial charge in [-0.2, -0.15) is 0 Å². The molecule has 0 unspecified atom stereocenters. The van der Waals surface area contributed by atoms with Gasteiger partial charge in [0.1, 0.15) is 0 Å². The third kappa shape index (κ3) is 5.02. The molecule has 1 saturated heterocycles. The molecule has 1 aliphatic heterocycles. The number of nitrogens with one attached hydrogen (secondary N) is 2. The number of imide groups is 1. The number of hydrogen-bond acceptors (Lipinski definition) is 6. The zero-order valence-corrected chi connectivity index (χ0v) is 17.6. The van der Waals surface area contributed by atoms with Gasteiger partial charge in [0.25, 0.3) is 5.56 Å². The number of carbonyl (C=O) groups is 2. The minimum Gasteiger partial charge on any atom is -0.376 e. The van der Waals surface area contributed by atoms with Crippen molar-refractivity contribution in [2.75, 3.05) is 12.4 Å². The largest absolute Gasteiger partial charge is 0.376 e. The molecule has 2 N–H and O–H groups in total. The number of rotatable bonds is 6. The molecule has 2 aromatic rings. The summed E-state index contributed by atoms with van der Waals surface area (Å²) in [6.45, 7) is 1.10. The van der Waals surface area contributed by atoms with Crippen LogP contribution in [0.2, 0.25) is 0 Å². The standard InChI is InChI=1S/C21H26N4O4S/c26-18(24-20(28)22-14-6-1-2-7-14)13-30-21-23-17-10-4-3-9-16(17)19(27)25(21)12-15-8-5-11-29-15/h3-4,9-10,14-15H,1-2,5-8,11-13H2,(H2,22,24,26,28)/t15-/m1/s1. The van der Waals surface area contributed by atoms with Crippen molar-refractivity contribution in [1.82, 2.24) is 20.2 Å². The number of nitrogens with zero attached hydrogens (tertiary/aromatic N) is 2. The summed E-state index contributed by atoms with van der Waals surface area (Å²) in [5.41, 5.74) is 0.450. The summed E-state index contributed by atoms with van der Waals surface area (Å²) in [5, 5.41) is 6.21. The fourth-order valence-corrected chi connectivity index (χ4v) is 4.80. The molecule has 1 aromatic carbocycles. The number of thioether (sulfide) groups is 1. The number of aromatic nitrogens is 2. The first-order chi connectivity index (χ1) is 14.6. The van der Waals surface area contributed by atoms with Crippen LogP contribution in [0.1, 0.15) is 38.5 Å². The number of fused-ring (bicyclic) bond motifs is 1. The number of ether oxygens (including phenoxy) is 1. The maximum absolute atomic E-state index is 13.0. The summed E-state index contributed by atoms with van der Waals surface area (Å²) >= 11 is 1.16. The normalized spacial score (nSPS) is 19.3. The van der Waals surface area contributed by atoms with Crippen LogP contribution in [0.25, 0.3) is 10.9 Å². The molecule has 1 aromatic heterocycles. The summed E-state index contributed by atoms with van der Waals surface area (Å²) in [7, 11) is 0. The van der Waals surface area contributed by atoms with Crippen LogP contribution in [-0.2, 0) is 16.1 Å². The molecule has 0 spiro atoms. The van der Waals surface area contributed by atoms with E-state index in [2.05, 4.69) is 15.6 Å². The van der Waals surface area contributed by atoms with E-state index in [1.807, 2.05) is 12.1 Å². The summed E-state index contributed by atoms with van der Waals surface area (Å²) in [6, 6.07) is 6.86. The van der Waals surface area contributed by atoms with Crippen LogP contribution in [0.3, 0.4) is 0 Å². The summed E-state index contributed by atoms with van der Waals surface area (Å²) in [6.07, 6.45) is 5.94. The summed E-state index contributed by atoms with van der Waals surface area (Å²) < 4.78 is 7.28. The average molecular weight is 431 g/mol. The number of benzene rings is 1. The molecule has 2 heterocycles. The first-order valence-corrected chi connectivity index (χ1v) is 11.4. The molecule has 30 heavy (non-hydrogen) atoms. The second-order valence-electron chi connectivity index (χ2n) is 7.75. The number of hydrogen-bond donors (Lipinski definition) is 2. The van der Waals surface area contributed by atoms with Crippen LogP contribution in [0.5, 0.6) is 0 Å². The molecule has 1 saturated carbocycles. The molecule has 1 atom stereocenters. The zero-order chi connectivity index (χ0) is 20.9. The molecule has 8 nitrogen and oxygen atoms in total. The van der Waals surface area contributed by atoms with Gasteiger partial charge in [0.05, 0.1) is 29.3 Å². The van der Waals surface area contributed by atoms with Gasteiger partial charge in [0.2, 0.25) is 5.91 Å². The van der Waals surface area contributed by atoms with E-state index >= 15 is 0 Å². The van der Waals surface area contributed by atoms with Crippen molar-refractivity contribution in [2.45, 2.75) is 62.4 Å². The van der Waals surface area contributed by atoms with Crippen LogP contribution >= 0.6 is 11.8 Å². The van der Waals surface area contributed by atoms with Crippen LogP contribution in [0.15, 0.2) is 34.2 Å². The fourth-order valence-electron chi connectivity index (χ4n) is 4.00. The van der Waals surface area contributed by atoms with Gasteiger partial charge in [-0.05, 0) is 37.8 Å². The van der Waals surface area contributed by atoms with E-state index in [4.69, 9.17) is 4.74 Å². The van der Waals surface area contributed by atoms with Crippen LogP contribution in [0.4, 0.5) is 4.79 Å². The number of para-hydroxylation sites is 1. The zero-order valence-electron chi connectivity index (χ0n) is 16.8. The predicted octanol–water partition coefficient (Wildman–Crippen LogP) is 2.44. The minimum atomic E-state index is -0.462. The second-order valence-corrected chi connectivity index (χ2v) is 8.70. The van der Waals surface area contributed by atoms with Gasteiger partial charge >= 0.3 is 6.03 Å². The Morgan fingerprint density at radius 1 is 1.17 bits per heavy atom. The molecule has 0 radical (unpaired) electrons. The Balaban J connectivity index is 1.45. The van der Waals surface area contributed by atoms with Crippen LogP contribution in [0, 0.1) is 0 Å². The van der Waals surface area contributed by atoms with Crippen molar-refractivity contribution in [1.29, 1.82) is 0 Å². The Kier molecular flexibility index (Phi) is 6.69. The van der Waals surface area contributed by atoms with Gasteiger partial charge in [-0.1, -0.05) is 36.7 Å². The molecule has 3 amide bonds. The Labute approximate surface area is 178 Å². The van der Waals surface area contributed by atoms with E-state index < -0.39 is 11.9 Å². The number of carbonyl (C=O) groups excluding carboxylic acids is 2. The summed E-state index contributed by atoms with van der Waals surface area (Å²) in [4.78, 5) is 41.9. The van der Waals surface area contributed by atoms with Crippen molar-refractivity contribution >= 4 is 34.6 Å². The highest BCUT2D eigenvalue weighted by Gasteiger charge is 2.22. The molecule has 9 heteroatoms. The highest BCUT2D eigenvalue weighted by Crippen LogP contribution is 2.21. The van der Waals surface area contributed by atoms with Crippen LogP contribution in [-0.4, -0.2) is 46.0 Å². The van der Waals surface area contributed by atoms with Gasteiger partial charge in [0, 0.05) is 12.6 Å². The molecule has 160 valence electrons. The Morgan fingerprint density at radius 2 is 1.97 bits per heavy atom. The van der Waals surface area contributed by atoms with E-state index in [1.54, 1.807) is 16.7 Å². The Hall–Kier alpha value is -2.39. The molecule has 2 aliphatic rings. The maximum atomic E-state index is 13.0.